The Balaban J connectivity index is 2.44. The highest BCUT2D eigenvalue weighted by molar-refractivity contribution is 5.92. The van der Waals surface area contributed by atoms with Gasteiger partial charge in [0.05, 0.1) is 5.52 Å². The molecule has 0 atom stereocenters. The highest BCUT2D eigenvalue weighted by atomic mass is 15.0. The van der Waals surface area contributed by atoms with Crippen LogP contribution in [0.25, 0.3) is 22.7 Å². The summed E-state index contributed by atoms with van der Waals surface area (Å²) in [6, 6.07) is 17.1. The Labute approximate surface area is 113 Å². The molecule has 1 aromatic heterocycles. The lowest BCUT2D eigenvalue weighted by Crippen LogP contribution is -1.96. The largest absolute Gasteiger partial charge is 0.313 e. The first kappa shape index (κ1) is 11.8. The number of rotatable bonds is 2. The van der Waals surface area contributed by atoms with E-state index in [4.69, 9.17) is 0 Å². The molecule has 0 aliphatic rings. The van der Waals surface area contributed by atoms with E-state index in [1.807, 2.05) is 12.1 Å². The van der Waals surface area contributed by atoms with Crippen molar-refractivity contribution >= 4 is 17.0 Å². The van der Waals surface area contributed by atoms with Gasteiger partial charge in [-0.05, 0) is 37.6 Å². The van der Waals surface area contributed by atoms with Crippen LogP contribution in [0.15, 0.2) is 55.1 Å². The molecule has 0 N–H and O–H groups in total. The minimum absolute atomic E-state index is 1.20. The molecule has 0 saturated carbocycles. The van der Waals surface area contributed by atoms with Crippen molar-refractivity contribution in [3.05, 3.63) is 71.9 Å². The molecule has 94 valence electrons. The van der Waals surface area contributed by atoms with Crippen molar-refractivity contribution < 1.29 is 0 Å². The highest BCUT2D eigenvalue weighted by Gasteiger charge is 2.12. The van der Waals surface area contributed by atoms with Crippen LogP contribution in [0.1, 0.15) is 16.8 Å². The maximum Gasteiger partial charge on any atom is 0.0540 e. The molecule has 3 rings (SSSR count). The van der Waals surface area contributed by atoms with E-state index in [0.29, 0.717) is 0 Å². The molecule has 0 radical (unpaired) electrons. The third kappa shape index (κ3) is 1.78. The smallest absolute Gasteiger partial charge is 0.0540 e. The molecule has 0 bridgehead atoms. The van der Waals surface area contributed by atoms with E-state index < -0.39 is 0 Å². The zero-order chi connectivity index (χ0) is 13.4. The topological polar surface area (TPSA) is 4.93 Å². The number of benzene rings is 2. The number of aromatic nitrogens is 1. The molecule has 0 aliphatic heterocycles. The molecular weight excluding hydrogens is 230 g/mol. The number of hydrogen-bond donors (Lipinski definition) is 0. The standard InChI is InChI=1S/C18H17N/c1-4-16-14(3)19(15-8-6-5-7-9-15)18-12-13(2)10-11-17(16)18/h4-12H,1H2,2-3H3. The second-order valence-electron chi connectivity index (χ2n) is 4.89. The van der Waals surface area contributed by atoms with E-state index >= 15 is 0 Å². The minimum Gasteiger partial charge on any atom is -0.313 e. The fraction of sp³-hybridized carbons (Fsp3) is 0.111. The molecule has 1 nitrogen and oxygen atoms in total. The van der Waals surface area contributed by atoms with Crippen molar-refractivity contribution in [1.29, 1.82) is 0 Å². The number of hydrogen-bond acceptors (Lipinski definition) is 0. The van der Waals surface area contributed by atoms with Crippen LogP contribution in [0.2, 0.25) is 0 Å². The van der Waals surface area contributed by atoms with Gasteiger partial charge < -0.3 is 4.57 Å². The molecule has 2 aromatic carbocycles. The highest BCUT2D eigenvalue weighted by Crippen LogP contribution is 2.30. The number of nitrogens with zero attached hydrogens (tertiary/aromatic N) is 1. The van der Waals surface area contributed by atoms with Gasteiger partial charge in [-0.2, -0.15) is 0 Å². The fourth-order valence-corrected chi connectivity index (χ4v) is 2.72. The van der Waals surface area contributed by atoms with Crippen LogP contribution in [-0.2, 0) is 0 Å². The Kier molecular flexibility index (Phi) is 2.75. The molecule has 0 fully saturated rings. The second kappa shape index (κ2) is 4.43. The van der Waals surface area contributed by atoms with Crippen molar-refractivity contribution in [2.45, 2.75) is 13.8 Å². The van der Waals surface area contributed by atoms with Gasteiger partial charge in [-0.25, -0.2) is 0 Å². The van der Waals surface area contributed by atoms with Gasteiger partial charge in [-0.1, -0.05) is 43.0 Å². The zero-order valence-electron chi connectivity index (χ0n) is 11.4. The first-order valence-corrected chi connectivity index (χ1v) is 6.52. The first-order chi connectivity index (χ1) is 9.22. The van der Waals surface area contributed by atoms with Crippen LogP contribution >= 0.6 is 0 Å². The summed E-state index contributed by atoms with van der Waals surface area (Å²) in [5, 5.41) is 1.27. The predicted molar refractivity (Wildman–Crippen MR) is 82.8 cm³/mol. The van der Waals surface area contributed by atoms with Gasteiger partial charge in [0.15, 0.2) is 0 Å². The monoisotopic (exact) mass is 247 g/mol. The van der Waals surface area contributed by atoms with Gasteiger partial charge in [0.25, 0.3) is 0 Å². The van der Waals surface area contributed by atoms with Crippen LogP contribution in [0.4, 0.5) is 0 Å². The zero-order valence-corrected chi connectivity index (χ0v) is 11.4. The van der Waals surface area contributed by atoms with Crippen molar-refractivity contribution in [1.82, 2.24) is 4.57 Å². The maximum absolute atomic E-state index is 3.96. The quantitative estimate of drug-likeness (QED) is 0.607. The third-order valence-corrected chi connectivity index (χ3v) is 3.63. The number of para-hydroxylation sites is 1. The van der Waals surface area contributed by atoms with Crippen molar-refractivity contribution in [2.75, 3.05) is 0 Å². The third-order valence-electron chi connectivity index (χ3n) is 3.63. The lowest BCUT2D eigenvalue weighted by atomic mass is 10.1. The van der Waals surface area contributed by atoms with Gasteiger partial charge in [-0.15, -0.1) is 0 Å². The average molecular weight is 247 g/mol. The van der Waals surface area contributed by atoms with Crippen LogP contribution in [0.5, 0.6) is 0 Å². The molecule has 3 aromatic rings. The Hall–Kier alpha value is -2.28. The SMILES string of the molecule is C=Cc1c(C)n(-c2ccccc2)c2cc(C)ccc12. The van der Waals surface area contributed by atoms with Crippen LogP contribution in [0.3, 0.4) is 0 Å². The van der Waals surface area contributed by atoms with Gasteiger partial charge in [0.2, 0.25) is 0 Å². The Morgan fingerprint density at radius 2 is 1.74 bits per heavy atom. The summed E-state index contributed by atoms with van der Waals surface area (Å²) in [6.07, 6.45) is 1.95. The van der Waals surface area contributed by atoms with Gasteiger partial charge >= 0.3 is 0 Å². The fourth-order valence-electron chi connectivity index (χ4n) is 2.72. The number of fused-ring (bicyclic) bond motifs is 1. The summed E-state index contributed by atoms with van der Waals surface area (Å²) < 4.78 is 2.30. The van der Waals surface area contributed by atoms with E-state index in [0.717, 1.165) is 0 Å². The molecule has 0 aliphatic carbocycles. The van der Waals surface area contributed by atoms with E-state index in [1.165, 1.54) is 33.4 Å². The van der Waals surface area contributed by atoms with Crippen LogP contribution in [0, 0.1) is 13.8 Å². The first-order valence-electron chi connectivity index (χ1n) is 6.52. The van der Waals surface area contributed by atoms with Crippen LogP contribution < -0.4 is 0 Å². The second-order valence-corrected chi connectivity index (χ2v) is 4.89. The predicted octanol–water partition coefficient (Wildman–Crippen LogP) is 4.89. The Bertz CT molecular complexity index is 748. The molecule has 19 heavy (non-hydrogen) atoms. The van der Waals surface area contributed by atoms with E-state index in [1.54, 1.807) is 0 Å². The van der Waals surface area contributed by atoms with Gasteiger partial charge in [-0.3, -0.25) is 0 Å². The lowest BCUT2D eigenvalue weighted by molar-refractivity contribution is 1.05. The summed E-state index contributed by atoms with van der Waals surface area (Å²) in [4.78, 5) is 0. The summed E-state index contributed by atoms with van der Waals surface area (Å²) in [5.74, 6) is 0. The molecular formula is C18H17N. The van der Waals surface area contributed by atoms with E-state index in [-0.39, 0.29) is 0 Å². The van der Waals surface area contributed by atoms with E-state index in [2.05, 4.69) is 67.5 Å². The maximum atomic E-state index is 3.96. The van der Waals surface area contributed by atoms with Crippen molar-refractivity contribution in [2.24, 2.45) is 0 Å². The van der Waals surface area contributed by atoms with Crippen molar-refractivity contribution in [3.8, 4) is 5.69 Å². The lowest BCUT2D eigenvalue weighted by Gasteiger charge is -2.08. The normalized spacial score (nSPS) is 10.8. The molecule has 1 heteroatoms. The van der Waals surface area contributed by atoms with Crippen molar-refractivity contribution in [3.63, 3.8) is 0 Å². The summed E-state index contributed by atoms with van der Waals surface area (Å²) in [6.45, 7) is 8.24. The van der Waals surface area contributed by atoms with Gasteiger partial charge in [0, 0.05) is 22.3 Å². The minimum atomic E-state index is 1.20. The molecule has 0 saturated heterocycles. The van der Waals surface area contributed by atoms with E-state index in [9.17, 15) is 0 Å². The molecule has 1 heterocycles. The van der Waals surface area contributed by atoms with Crippen LogP contribution in [-0.4, -0.2) is 4.57 Å². The Morgan fingerprint density at radius 3 is 2.42 bits per heavy atom. The molecule has 0 amide bonds. The molecule has 0 spiro atoms. The van der Waals surface area contributed by atoms with Gasteiger partial charge in [0.1, 0.15) is 0 Å². The number of aryl methyl sites for hydroxylation is 1. The summed E-state index contributed by atoms with van der Waals surface area (Å²) in [5.41, 5.74) is 6.18. The summed E-state index contributed by atoms with van der Waals surface area (Å²) >= 11 is 0. The summed E-state index contributed by atoms with van der Waals surface area (Å²) in [7, 11) is 0. The Morgan fingerprint density at radius 1 is 1.00 bits per heavy atom. The molecule has 0 unspecified atom stereocenters. The average Bonchev–Trinajstić information content (AvgIpc) is 2.70.